The monoisotopic (exact) mass is 138 g/mol. The lowest BCUT2D eigenvalue weighted by atomic mass is 10.4. The average molecular weight is 138 g/mol. The largest absolute Gasteiger partial charge is 0.288 e. The predicted molar refractivity (Wildman–Crippen MR) is 34.4 cm³/mol. The van der Waals surface area contributed by atoms with Crippen LogP contribution in [0.1, 0.15) is 19.8 Å². The van der Waals surface area contributed by atoms with E-state index in [0.29, 0.717) is 0 Å². The molecule has 0 heterocycles. The Bertz CT molecular complexity index is 96.6. The molecular formula is C5H12FOP. The summed E-state index contributed by atoms with van der Waals surface area (Å²) in [7, 11) is -3.18. The van der Waals surface area contributed by atoms with Crippen molar-refractivity contribution in [2.24, 2.45) is 0 Å². The molecule has 0 aliphatic carbocycles. The Hall–Kier alpha value is 0.160. The first-order valence-electron chi connectivity index (χ1n) is 2.82. The van der Waals surface area contributed by atoms with Gasteiger partial charge in [0.2, 0.25) is 7.45 Å². The van der Waals surface area contributed by atoms with E-state index in [2.05, 4.69) is 0 Å². The van der Waals surface area contributed by atoms with E-state index in [1.807, 2.05) is 6.92 Å². The Labute approximate surface area is 49.8 Å². The van der Waals surface area contributed by atoms with Crippen LogP contribution in [0.4, 0.5) is 4.20 Å². The van der Waals surface area contributed by atoms with Crippen LogP contribution in [0, 0.1) is 0 Å². The van der Waals surface area contributed by atoms with Crippen molar-refractivity contribution in [2.75, 3.05) is 12.8 Å². The normalized spacial score (nSPS) is 17.9. The van der Waals surface area contributed by atoms with E-state index in [1.54, 1.807) is 0 Å². The lowest BCUT2D eigenvalue weighted by Crippen LogP contribution is -1.79. The summed E-state index contributed by atoms with van der Waals surface area (Å²) in [5, 5.41) is 0. The third kappa shape index (κ3) is 6.16. The van der Waals surface area contributed by atoms with E-state index < -0.39 is 7.45 Å². The smallest absolute Gasteiger partial charge is 0.241 e. The van der Waals surface area contributed by atoms with Gasteiger partial charge in [-0.1, -0.05) is 13.3 Å². The molecule has 0 N–H and O–H groups in total. The SMILES string of the molecule is CCCCP(C)(=O)F. The summed E-state index contributed by atoms with van der Waals surface area (Å²) in [6.45, 7) is 3.14. The minimum Gasteiger partial charge on any atom is -0.288 e. The minimum atomic E-state index is -3.18. The van der Waals surface area contributed by atoms with E-state index in [0.717, 1.165) is 12.8 Å². The van der Waals surface area contributed by atoms with Crippen LogP contribution in [0.15, 0.2) is 0 Å². The lowest BCUT2D eigenvalue weighted by Gasteiger charge is -1.97. The van der Waals surface area contributed by atoms with Crippen LogP contribution in [0.25, 0.3) is 0 Å². The lowest BCUT2D eigenvalue weighted by molar-refractivity contribution is 0.543. The van der Waals surface area contributed by atoms with E-state index >= 15 is 0 Å². The fraction of sp³-hybridized carbons (Fsp3) is 1.00. The molecule has 0 aliphatic rings. The second kappa shape index (κ2) is 3.24. The van der Waals surface area contributed by atoms with E-state index in [4.69, 9.17) is 0 Å². The first kappa shape index (κ1) is 8.16. The van der Waals surface area contributed by atoms with Gasteiger partial charge in [0.15, 0.2) is 0 Å². The molecule has 1 nitrogen and oxygen atoms in total. The highest BCUT2D eigenvalue weighted by Gasteiger charge is 2.09. The fourth-order valence-corrected chi connectivity index (χ4v) is 1.32. The van der Waals surface area contributed by atoms with Crippen molar-refractivity contribution in [2.45, 2.75) is 19.8 Å². The molecule has 0 aromatic heterocycles. The Morgan fingerprint density at radius 2 is 2.12 bits per heavy atom. The number of unbranched alkanes of at least 4 members (excludes halogenated alkanes) is 1. The molecule has 0 saturated carbocycles. The van der Waals surface area contributed by atoms with Crippen molar-refractivity contribution in [1.82, 2.24) is 0 Å². The minimum absolute atomic E-state index is 0.253. The van der Waals surface area contributed by atoms with Gasteiger partial charge >= 0.3 is 0 Å². The molecule has 8 heavy (non-hydrogen) atoms. The Kier molecular flexibility index (Phi) is 3.30. The number of halogens is 1. The molecule has 0 amide bonds. The first-order chi connectivity index (χ1) is 3.56. The maximum absolute atomic E-state index is 12.1. The summed E-state index contributed by atoms with van der Waals surface area (Å²) < 4.78 is 22.4. The molecule has 0 aromatic rings. The van der Waals surface area contributed by atoms with Crippen molar-refractivity contribution in [3.63, 3.8) is 0 Å². The molecule has 1 unspecified atom stereocenters. The standard InChI is InChI=1S/C5H12FOP/c1-3-4-5-8(2,6)7/h3-5H2,1-2H3. The van der Waals surface area contributed by atoms with Crippen molar-refractivity contribution in [3.05, 3.63) is 0 Å². The van der Waals surface area contributed by atoms with E-state index in [9.17, 15) is 8.76 Å². The molecule has 3 heteroatoms. The third-order valence-electron chi connectivity index (χ3n) is 0.911. The second-order valence-electron chi connectivity index (χ2n) is 2.06. The van der Waals surface area contributed by atoms with Crippen LogP contribution in [0.3, 0.4) is 0 Å². The molecular weight excluding hydrogens is 126 g/mol. The quantitative estimate of drug-likeness (QED) is 0.548. The van der Waals surface area contributed by atoms with Gasteiger partial charge in [-0.15, -0.1) is 0 Å². The van der Waals surface area contributed by atoms with Crippen LogP contribution in [0.5, 0.6) is 0 Å². The zero-order chi connectivity index (χ0) is 6.62. The van der Waals surface area contributed by atoms with E-state index in [-0.39, 0.29) is 6.16 Å². The fourth-order valence-electron chi connectivity index (χ4n) is 0.441. The van der Waals surface area contributed by atoms with Crippen LogP contribution >= 0.6 is 7.45 Å². The Balaban J connectivity index is 3.26. The molecule has 0 aliphatic heterocycles. The zero-order valence-electron chi connectivity index (χ0n) is 5.35. The molecule has 0 fully saturated rings. The van der Waals surface area contributed by atoms with Gasteiger partial charge in [-0.25, -0.2) is 0 Å². The molecule has 0 rings (SSSR count). The summed E-state index contributed by atoms with van der Waals surface area (Å²) in [6.07, 6.45) is 1.91. The summed E-state index contributed by atoms with van der Waals surface area (Å²) >= 11 is 0. The average Bonchev–Trinajstić information content (AvgIpc) is 1.59. The summed E-state index contributed by atoms with van der Waals surface area (Å²) in [5.41, 5.74) is 0. The van der Waals surface area contributed by atoms with Crippen molar-refractivity contribution in [3.8, 4) is 0 Å². The maximum atomic E-state index is 12.1. The molecule has 1 atom stereocenters. The van der Waals surface area contributed by atoms with Gasteiger partial charge < -0.3 is 0 Å². The van der Waals surface area contributed by atoms with Crippen LogP contribution in [0.2, 0.25) is 0 Å². The van der Waals surface area contributed by atoms with Crippen molar-refractivity contribution < 1.29 is 8.76 Å². The van der Waals surface area contributed by atoms with Gasteiger partial charge in [-0.3, -0.25) is 4.57 Å². The van der Waals surface area contributed by atoms with Crippen LogP contribution < -0.4 is 0 Å². The first-order valence-corrected chi connectivity index (χ1v) is 5.05. The van der Waals surface area contributed by atoms with Gasteiger partial charge in [0.1, 0.15) is 0 Å². The molecule has 0 spiro atoms. The summed E-state index contributed by atoms with van der Waals surface area (Å²) in [5.74, 6) is 0. The highest BCUT2D eigenvalue weighted by atomic mass is 31.2. The number of rotatable bonds is 3. The van der Waals surface area contributed by atoms with Gasteiger partial charge in [-0.05, 0) is 6.42 Å². The Morgan fingerprint density at radius 1 is 1.62 bits per heavy atom. The van der Waals surface area contributed by atoms with Gasteiger partial charge in [0.25, 0.3) is 0 Å². The maximum Gasteiger partial charge on any atom is 0.241 e. The summed E-state index contributed by atoms with van der Waals surface area (Å²) in [4.78, 5) is 0. The van der Waals surface area contributed by atoms with Crippen LogP contribution in [-0.2, 0) is 4.57 Å². The molecule has 0 radical (unpaired) electrons. The topological polar surface area (TPSA) is 17.1 Å². The predicted octanol–water partition coefficient (Wildman–Crippen LogP) is 2.66. The van der Waals surface area contributed by atoms with Crippen molar-refractivity contribution in [1.29, 1.82) is 0 Å². The van der Waals surface area contributed by atoms with Crippen molar-refractivity contribution >= 4 is 7.45 Å². The number of hydrogen-bond acceptors (Lipinski definition) is 1. The highest BCUT2D eigenvalue weighted by Crippen LogP contribution is 2.43. The number of hydrogen-bond donors (Lipinski definition) is 0. The highest BCUT2D eigenvalue weighted by molar-refractivity contribution is 7.57. The molecule has 50 valence electrons. The second-order valence-corrected chi connectivity index (χ2v) is 4.48. The summed E-state index contributed by atoms with van der Waals surface area (Å²) in [6, 6.07) is 0. The zero-order valence-corrected chi connectivity index (χ0v) is 6.25. The molecule has 0 aromatic carbocycles. The Morgan fingerprint density at radius 3 is 2.25 bits per heavy atom. The van der Waals surface area contributed by atoms with Crippen LogP contribution in [-0.4, -0.2) is 12.8 Å². The van der Waals surface area contributed by atoms with E-state index in [1.165, 1.54) is 6.66 Å². The third-order valence-corrected chi connectivity index (χ3v) is 2.03. The molecule has 0 bridgehead atoms. The van der Waals surface area contributed by atoms with Gasteiger partial charge in [-0.2, -0.15) is 4.20 Å². The van der Waals surface area contributed by atoms with Gasteiger partial charge in [0, 0.05) is 12.8 Å². The molecule has 0 saturated heterocycles. The van der Waals surface area contributed by atoms with Gasteiger partial charge in [0.05, 0.1) is 0 Å².